The van der Waals surface area contributed by atoms with Gasteiger partial charge in [0.05, 0.1) is 18.4 Å². The van der Waals surface area contributed by atoms with E-state index in [0.717, 1.165) is 45.4 Å². The Morgan fingerprint density at radius 2 is 2.17 bits per heavy atom. The maximum atomic E-state index is 11.8. The van der Waals surface area contributed by atoms with Crippen LogP contribution in [0.4, 0.5) is 0 Å². The smallest absolute Gasteiger partial charge is 0.290 e. The highest BCUT2D eigenvalue weighted by Crippen LogP contribution is 2.16. The van der Waals surface area contributed by atoms with Gasteiger partial charge in [-0.15, -0.1) is 5.92 Å². The molecule has 1 aromatic rings. The van der Waals surface area contributed by atoms with Crippen molar-refractivity contribution in [3.63, 3.8) is 0 Å². The summed E-state index contributed by atoms with van der Waals surface area (Å²) in [4.78, 5) is 22.5. The van der Waals surface area contributed by atoms with Crippen molar-refractivity contribution in [2.24, 2.45) is 5.92 Å². The Labute approximate surface area is 136 Å². The Kier molecular flexibility index (Phi) is 9.25. The number of likely N-dealkylation sites (tertiary alicyclic amines) is 1. The van der Waals surface area contributed by atoms with E-state index >= 15 is 0 Å². The largest absolute Gasteiger partial charge is 0.483 e. The zero-order valence-electron chi connectivity index (χ0n) is 13.5. The second-order valence-corrected chi connectivity index (χ2v) is 5.25. The van der Waals surface area contributed by atoms with Gasteiger partial charge in [0.2, 0.25) is 0 Å². The number of carbonyl (C=O) groups is 2. The molecule has 2 N–H and O–H groups in total. The first-order chi connectivity index (χ1) is 11.2. The SMILES string of the molecule is CCC#CCN1CCC(CNC(=O)c2ccoc2)CC1.O=CO. The summed E-state index contributed by atoms with van der Waals surface area (Å²) in [6.45, 7) is 5.59. The minimum absolute atomic E-state index is 0.0463. The number of hydrogen-bond acceptors (Lipinski definition) is 4. The van der Waals surface area contributed by atoms with Crippen LogP contribution in [0.3, 0.4) is 0 Å². The van der Waals surface area contributed by atoms with Crippen LogP contribution in [-0.2, 0) is 4.79 Å². The minimum Gasteiger partial charge on any atom is -0.483 e. The molecule has 1 aromatic heterocycles. The highest BCUT2D eigenvalue weighted by Gasteiger charge is 2.19. The molecule has 0 atom stereocenters. The number of carbonyl (C=O) groups excluding carboxylic acids is 1. The molecule has 6 heteroatoms. The summed E-state index contributed by atoms with van der Waals surface area (Å²) in [6.07, 6.45) is 6.17. The lowest BCUT2D eigenvalue weighted by Crippen LogP contribution is -2.38. The molecule has 0 radical (unpaired) electrons. The van der Waals surface area contributed by atoms with E-state index < -0.39 is 0 Å². The molecule has 2 rings (SSSR count). The van der Waals surface area contributed by atoms with Gasteiger partial charge in [0.25, 0.3) is 12.4 Å². The molecule has 1 aliphatic heterocycles. The predicted octanol–water partition coefficient (Wildman–Crippen LogP) is 1.84. The van der Waals surface area contributed by atoms with E-state index in [1.165, 1.54) is 12.5 Å². The number of hydrogen-bond donors (Lipinski definition) is 2. The molecule has 126 valence electrons. The molecule has 23 heavy (non-hydrogen) atoms. The zero-order chi connectivity index (χ0) is 16.9. The molecular weight excluding hydrogens is 296 g/mol. The van der Waals surface area contributed by atoms with Gasteiger partial charge < -0.3 is 14.8 Å². The van der Waals surface area contributed by atoms with E-state index in [0.29, 0.717) is 11.5 Å². The summed E-state index contributed by atoms with van der Waals surface area (Å²) in [7, 11) is 0. The summed E-state index contributed by atoms with van der Waals surface area (Å²) in [5, 5.41) is 9.87. The minimum atomic E-state index is -0.250. The van der Waals surface area contributed by atoms with E-state index in [1.807, 2.05) is 0 Å². The number of nitrogens with zero attached hydrogens (tertiary/aromatic N) is 1. The first kappa shape index (κ1) is 18.8. The van der Waals surface area contributed by atoms with Crippen molar-refractivity contribution in [1.29, 1.82) is 0 Å². The summed E-state index contributed by atoms with van der Waals surface area (Å²) >= 11 is 0. The van der Waals surface area contributed by atoms with Gasteiger partial charge in [0.15, 0.2) is 0 Å². The van der Waals surface area contributed by atoms with E-state index in [1.54, 1.807) is 6.07 Å². The number of carboxylic acid groups (broad SMARTS) is 1. The van der Waals surface area contributed by atoms with Crippen molar-refractivity contribution in [3.05, 3.63) is 24.2 Å². The number of piperidine rings is 1. The van der Waals surface area contributed by atoms with Crippen LogP contribution in [0.25, 0.3) is 0 Å². The molecule has 1 amide bonds. The third kappa shape index (κ3) is 7.52. The predicted molar refractivity (Wildman–Crippen MR) is 87.0 cm³/mol. The number of amides is 1. The van der Waals surface area contributed by atoms with Gasteiger partial charge in [-0.1, -0.05) is 12.8 Å². The molecule has 6 nitrogen and oxygen atoms in total. The lowest BCUT2D eigenvalue weighted by atomic mass is 9.97. The van der Waals surface area contributed by atoms with Gasteiger partial charge in [0, 0.05) is 13.0 Å². The Hall–Kier alpha value is -2.26. The molecule has 0 bridgehead atoms. The first-order valence-electron chi connectivity index (χ1n) is 7.77. The molecule has 0 spiro atoms. The van der Waals surface area contributed by atoms with Crippen LogP contribution in [0.15, 0.2) is 23.0 Å². The molecule has 0 aliphatic carbocycles. The Morgan fingerprint density at radius 1 is 1.48 bits per heavy atom. The maximum absolute atomic E-state index is 11.8. The molecule has 1 aliphatic rings. The fourth-order valence-electron chi connectivity index (χ4n) is 2.37. The normalized spacial score (nSPS) is 14.8. The van der Waals surface area contributed by atoms with Gasteiger partial charge in [-0.05, 0) is 37.9 Å². The third-order valence-corrected chi connectivity index (χ3v) is 3.65. The van der Waals surface area contributed by atoms with Crippen molar-refractivity contribution in [3.8, 4) is 11.8 Å². The van der Waals surface area contributed by atoms with Crippen molar-refractivity contribution in [2.45, 2.75) is 26.2 Å². The lowest BCUT2D eigenvalue weighted by Gasteiger charge is -2.30. The van der Waals surface area contributed by atoms with Crippen LogP contribution in [0.2, 0.25) is 0 Å². The van der Waals surface area contributed by atoms with E-state index in [4.69, 9.17) is 14.3 Å². The zero-order valence-corrected chi connectivity index (χ0v) is 13.5. The van der Waals surface area contributed by atoms with E-state index in [-0.39, 0.29) is 12.4 Å². The summed E-state index contributed by atoms with van der Waals surface area (Å²) in [6, 6.07) is 1.68. The van der Waals surface area contributed by atoms with Crippen LogP contribution >= 0.6 is 0 Å². The summed E-state index contributed by atoms with van der Waals surface area (Å²) < 4.78 is 4.91. The van der Waals surface area contributed by atoms with Crippen molar-refractivity contribution >= 4 is 12.4 Å². The molecule has 1 fully saturated rings. The van der Waals surface area contributed by atoms with Gasteiger partial charge >= 0.3 is 0 Å². The third-order valence-electron chi connectivity index (χ3n) is 3.65. The van der Waals surface area contributed by atoms with Gasteiger partial charge in [-0.3, -0.25) is 14.5 Å². The molecule has 2 heterocycles. The molecule has 0 aromatic carbocycles. The Bertz CT molecular complexity index is 508. The van der Waals surface area contributed by atoms with Crippen LogP contribution in [0.1, 0.15) is 36.5 Å². The fourth-order valence-corrected chi connectivity index (χ4v) is 2.37. The topological polar surface area (TPSA) is 82.8 Å². The molecule has 1 saturated heterocycles. The van der Waals surface area contributed by atoms with Crippen molar-refractivity contribution < 1.29 is 19.1 Å². The van der Waals surface area contributed by atoms with Gasteiger partial charge in [-0.2, -0.15) is 0 Å². The van der Waals surface area contributed by atoms with Crippen LogP contribution < -0.4 is 5.32 Å². The lowest BCUT2D eigenvalue weighted by molar-refractivity contribution is -0.122. The van der Waals surface area contributed by atoms with E-state index in [2.05, 4.69) is 29.0 Å². The second kappa shape index (κ2) is 11.3. The number of furan rings is 1. The van der Waals surface area contributed by atoms with Gasteiger partial charge in [0.1, 0.15) is 6.26 Å². The Morgan fingerprint density at radius 3 is 2.74 bits per heavy atom. The molecule has 0 saturated carbocycles. The average molecular weight is 320 g/mol. The number of rotatable bonds is 4. The quantitative estimate of drug-likeness (QED) is 0.653. The highest BCUT2D eigenvalue weighted by atomic mass is 16.3. The second-order valence-electron chi connectivity index (χ2n) is 5.25. The first-order valence-corrected chi connectivity index (χ1v) is 7.77. The average Bonchev–Trinajstić information content (AvgIpc) is 3.09. The number of nitrogens with one attached hydrogen (secondary N) is 1. The highest BCUT2D eigenvalue weighted by molar-refractivity contribution is 5.93. The van der Waals surface area contributed by atoms with Crippen LogP contribution in [0, 0.1) is 17.8 Å². The van der Waals surface area contributed by atoms with Crippen molar-refractivity contribution in [1.82, 2.24) is 10.2 Å². The Balaban J connectivity index is 0.000000816. The van der Waals surface area contributed by atoms with E-state index in [9.17, 15) is 4.79 Å². The summed E-state index contributed by atoms with van der Waals surface area (Å²) in [5.41, 5.74) is 0.595. The summed E-state index contributed by atoms with van der Waals surface area (Å²) in [5.74, 6) is 6.81. The monoisotopic (exact) mass is 320 g/mol. The molecular formula is C17H24N2O4. The fraction of sp³-hybridized carbons (Fsp3) is 0.529. The molecule has 0 unspecified atom stereocenters. The van der Waals surface area contributed by atoms with Crippen molar-refractivity contribution in [2.75, 3.05) is 26.2 Å². The standard InChI is InChI=1S/C16H22N2O2.CH2O2/c1-2-3-4-8-18-9-5-14(6-10-18)12-17-16(19)15-7-11-20-13-15;2-1-3/h7,11,13-14H,2,5-6,8-10,12H2,1H3,(H,17,19);1H,(H,2,3). The van der Waals surface area contributed by atoms with Crippen LogP contribution in [0.5, 0.6) is 0 Å². The van der Waals surface area contributed by atoms with Gasteiger partial charge in [-0.25, -0.2) is 0 Å². The maximum Gasteiger partial charge on any atom is 0.290 e. The van der Waals surface area contributed by atoms with Crippen LogP contribution in [-0.4, -0.2) is 48.6 Å².